The third-order valence-corrected chi connectivity index (χ3v) is 3.61. The van der Waals surface area contributed by atoms with Crippen LogP contribution in [0.1, 0.15) is 39.5 Å². The third-order valence-electron chi connectivity index (χ3n) is 3.21. The Morgan fingerprint density at radius 1 is 1.53 bits per heavy atom. The molecule has 17 heavy (non-hydrogen) atoms. The molecule has 3 N–H and O–H groups in total. The van der Waals surface area contributed by atoms with Crippen LogP contribution in [-0.4, -0.2) is 35.8 Å². The highest BCUT2D eigenvalue weighted by molar-refractivity contribution is 6.20. The lowest BCUT2D eigenvalue weighted by Gasteiger charge is -2.22. The Kier molecular flexibility index (Phi) is 7.12. The van der Waals surface area contributed by atoms with Gasteiger partial charge in [0, 0.05) is 24.5 Å². The Balaban J connectivity index is 2.23. The van der Waals surface area contributed by atoms with Crippen molar-refractivity contribution >= 4 is 11.6 Å². The zero-order valence-corrected chi connectivity index (χ0v) is 11.6. The number of aliphatic hydroxyl groups is 1. The van der Waals surface area contributed by atoms with E-state index in [-0.39, 0.29) is 0 Å². The van der Waals surface area contributed by atoms with Gasteiger partial charge in [-0.25, -0.2) is 0 Å². The average molecular weight is 261 g/mol. The molecule has 1 rings (SSSR count). The number of rotatable bonds is 7. The number of halogens is 1. The normalized spacial score (nSPS) is 24.2. The number of hydrogen-bond donors (Lipinski definition) is 3. The van der Waals surface area contributed by atoms with Crippen LogP contribution in [0.25, 0.3) is 0 Å². The first kappa shape index (κ1) is 15.0. The van der Waals surface area contributed by atoms with Crippen molar-refractivity contribution < 1.29 is 5.11 Å². The Morgan fingerprint density at radius 3 is 2.82 bits per heavy atom. The summed E-state index contributed by atoms with van der Waals surface area (Å²) in [6, 6.07) is 0.416. The van der Waals surface area contributed by atoms with E-state index in [0.29, 0.717) is 11.4 Å². The number of allylic oxidation sites excluding steroid dienone is 1. The fraction of sp³-hybridized carbons (Fsp3) is 0.846. The van der Waals surface area contributed by atoms with Gasteiger partial charge in [-0.3, -0.25) is 5.32 Å². The monoisotopic (exact) mass is 260 g/mol. The van der Waals surface area contributed by atoms with Crippen LogP contribution in [0, 0.1) is 0 Å². The van der Waals surface area contributed by atoms with E-state index in [1.807, 2.05) is 0 Å². The SMILES string of the molecule is CC[C@@H](CNC(C)O)NCC1=CCC(Cl)CC1. The molecule has 3 nitrogen and oxygen atoms in total. The molecule has 0 spiro atoms. The van der Waals surface area contributed by atoms with Crippen molar-refractivity contribution in [2.24, 2.45) is 0 Å². The fourth-order valence-corrected chi connectivity index (χ4v) is 2.16. The zero-order valence-electron chi connectivity index (χ0n) is 10.9. The molecule has 100 valence electrons. The zero-order chi connectivity index (χ0) is 12.7. The van der Waals surface area contributed by atoms with Crippen LogP contribution in [-0.2, 0) is 0 Å². The predicted molar refractivity (Wildman–Crippen MR) is 73.3 cm³/mol. The van der Waals surface area contributed by atoms with Crippen molar-refractivity contribution in [2.75, 3.05) is 13.1 Å². The first-order chi connectivity index (χ1) is 8.11. The van der Waals surface area contributed by atoms with Crippen molar-refractivity contribution in [3.05, 3.63) is 11.6 Å². The van der Waals surface area contributed by atoms with Gasteiger partial charge in [0.25, 0.3) is 0 Å². The highest BCUT2D eigenvalue weighted by atomic mass is 35.5. The highest BCUT2D eigenvalue weighted by Gasteiger charge is 2.13. The molecular weight excluding hydrogens is 236 g/mol. The first-order valence-corrected chi connectivity index (χ1v) is 7.02. The van der Waals surface area contributed by atoms with Crippen molar-refractivity contribution in [2.45, 2.75) is 57.2 Å². The Bertz CT molecular complexity index is 244. The minimum absolute atomic E-state index is 0.331. The summed E-state index contributed by atoms with van der Waals surface area (Å²) in [6.07, 6.45) is 6.10. The van der Waals surface area contributed by atoms with E-state index >= 15 is 0 Å². The molecule has 0 aromatic carbocycles. The molecule has 0 radical (unpaired) electrons. The summed E-state index contributed by atoms with van der Waals surface area (Å²) in [6.45, 7) is 5.66. The van der Waals surface area contributed by atoms with Gasteiger partial charge in [0.1, 0.15) is 6.23 Å². The minimum Gasteiger partial charge on any atom is -0.379 e. The summed E-state index contributed by atoms with van der Waals surface area (Å²) in [4.78, 5) is 0. The van der Waals surface area contributed by atoms with E-state index in [2.05, 4.69) is 23.6 Å². The second kappa shape index (κ2) is 8.09. The Hall–Kier alpha value is -0.0900. The maximum absolute atomic E-state index is 9.18. The van der Waals surface area contributed by atoms with Crippen LogP contribution in [0.15, 0.2) is 11.6 Å². The Morgan fingerprint density at radius 2 is 2.29 bits per heavy atom. The van der Waals surface area contributed by atoms with Gasteiger partial charge in [0.05, 0.1) is 0 Å². The maximum Gasteiger partial charge on any atom is 0.102 e. The van der Waals surface area contributed by atoms with Gasteiger partial charge in [-0.05, 0) is 32.6 Å². The van der Waals surface area contributed by atoms with Crippen LogP contribution in [0.2, 0.25) is 0 Å². The molecule has 0 aromatic heterocycles. The van der Waals surface area contributed by atoms with Gasteiger partial charge >= 0.3 is 0 Å². The van der Waals surface area contributed by atoms with E-state index in [4.69, 9.17) is 11.6 Å². The molecule has 0 aromatic rings. The molecule has 1 aliphatic carbocycles. The molecule has 0 aliphatic heterocycles. The van der Waals surface area contributed by atoms with Gasteiger partial charge in [-0.15, -0.1) is 11.6 Å². The fourth-order valence-electron chi connectivity index (χ4n) is 1.97. The van der Waals surface area contributed by atoms with E-state index in [0.717, 1.165) is 38.8 Å². The topological polar surface area (TPSA) is 44.3 Å². The van der Waals surface area contributed by atoms with Crippen molar-refractivity contribution in [3.8, 4) is 0 Å². The summed E-state index contributed by atoms with van der Waals surface area (Å²) in [5.41, 5.74) is 1.47. The van der Waals surface area contributed by atoms with Crippen LogP contribution in [0.3, 0.4) is 0 Å². The lowest BCUT2D eigenvalue weighted by molar-refractivity contribution is 0.152. The lowest BCUT2D eigenvalue weighted by atomic mass is 9.99. The number of alkyl halides is 1. The highest BCUT2D eigenvalue weighted by Crippen LogP contribution is 2.21. The van der Waals surface area contributed by atoms with Crippen LogP contribution < -0.4 is 10.6 Å². The van der Waals surface area contributed by atoms with Crippen LogP contribution >= 0.6 is 11.6 Å². The lowest BCUT2D eigenvalue weighted by Crippen LogP contribution is -2.42. The standard InChI is InChI=1S/C13H25ClN2O/c1-3-13(9-15-10(2)17)16-8-11-4-6-12(14)7-5-11/h4,10,12-13,15-17H,3,5-9H2,1-2H3/t10?,12?,13-/m0/s1. The second-order valence-corrected chi connectivity index (χ2v) is 5.42. The van der Waals surface area contributed by atoms with E-state index in [1.165, 1.54) is 5.57 Å². The number of hydrogen-bond acceptors (Lipinski definition) is 3. The summed E-state index contributed by atoms with van der Waals surface area (Å²) < 4.78 is 0. The second-order valence-electron chi connectivity index (χ2n) is 4.80. The van der Waals surface area contributed by atoms with E-state index in [9.17, 15) is 5.11 Å². The van der Waals surface area contributed by atoms with Gasteiger partial charge in [0.15, 0.2) is 0 Å². The summed E-state index contributed by atoms with van der Waals surface area (Å²) in [7, 11) is 0. The molecule has 4 heteroatoms. The smallest absolute Gasteiger partial charge is 0.102 e. The van der Waals surface area contributed by atoms with Gasteiger partial charge in [-0.2, -0.15) is 0 Å². The van der Waals surface area contributed by atoms with Crippen molar-refractivity contribution in [1.82, 2.24) is 10.6 Å². The molecule has 0 saturated carbocycles. The van der Waals surface area contributed by atoms with E-state index < -0.39 is 6.23 Å². The van der Waals surface area contributed by atoms with Gasteiger partial charge in [-0.1, -0.05) is 18.6 Å². The largest absolute Gasteiger partial charge is 0.379 e. The maximum atomic E-state index is 9.18. The molecule has 0 fully saturated rings. The molecule has 0 amide bonds. The molecule has 0 bridgehead atoms. The molecule has 2 unspecified atom stereocenters. The van der Waals surface area contributed by atoms with E-state index in [1.54, 1.807) is 6.92 Å². The summed E-state index contributed by atoms with van der Waals surface area (Å²) in [5.74, 6) is 0. The summed E-state index contributed by atoms with van der Waals surface area (Å²) in [5, 5.41) is 16.1. The van der Waals surface area contributed by atoms with Crippen LogP contribution in [0.5, 0.6) is 0 Å². The minimum atomic E-state index is -0.434. The quantitative estimate of drug-likeness (QED) is 0.373. The van der Waals surface area contributed by atoms with Crippen LogP contribution in [0.4, 0.5) is 0 Å². The first-order valence-electron chi connectivity index (χ1n) is 6.58. The van der Waals surface area contributed by atoms with Crippen molar-refractivity contribution in [3.63, 3.8) is 0 Å². The Labute approximate surface area is 110 Å². The molecular formula is C13H25ClN2O. The van der Waals surface area contributed by atoms with Gasteiger partial charge < -0.3 is 10.4 Å². The van der Waals surface area contributed by atoms with Gasteiger partial charge in [0.2, 0.25) is 0 Å². The molecule has 0 saturated heterocycles. The molecule has 1 aliphatic rings. The number of nitrogens with one attached hydrogen (secondary N) is 2. The molecule has 3 atom stereocenters. The number of aliphatic hydroxyl groups excluding tert-OH is 1. The average Bonchev–Trinajstić information content (AvgIpc) is 2.31. The summed E-state index contributed by atoms with van der Waals surface area (Å²) >= 11 is 6.05. The van der Waals surface area contributed by atoms with Crippen molar-refractivity contribution in [1.29, 1.82) is 0 Å². The third kappa shape index (κ3) is 6.41. The molecule has 0 heterocycles. The predicted octanol–water partition coefficient (Wildman–Crippen LogP) is 2.00.